The van der Waals surface area contributed by atoms with Crippen LogP contribution in [0.5, 0.6) is 0 Å². The van der Waals surface area contributed by atoms with Crippen molar-refractivity contribution in [3.05, 3.63) is 126 Å². The van der Waals surface area contributed by atoms with Gasteiger partial charge in [-0.3, -0.25) is 9.36 Å². The Hall–Kier alpha value is -3.26. The van der Waals surface area contributed by atoms with E-state index >= 15 is 0 Å². The second-order valence-electron chi connectivity index (χ2n) is 12.4. The first-order valence-electron chi connectivity index (χ1n) is 17.2. The Balaban J connectivity index is 1.34. The molecule has 2 atom stereocenters. The van der Waals surface area contributed by atoms with Crippen molar-refractivity contribution in [2.75, 3.05) is 18.0 Å². The van der Waals surface area contributed by atoms with Gasteiger partial charge in [-0.1, -0.05) is 85.4 Å². The van der Waals surface area contributed by atoms with Crippen LogP contribution in [0.1, 0.15) is 80.5 Å². The van der Waals surface area contributed by atoms with E-state index in [9.17, 15) is 4.79 Å². The lowest BCUT2D eigenvalue weighted by atomic mass is 9.91. The number of nitrogens with zero attached hydrogens (tertiary/aromatic N) is 3. The van der Waals surface area contributed by atoms with Crippen LogP contribution in [0.2, 0.25) is 0 Å². The minimum atomic E-state index is 0.129. The largest absolute Gasteiger partial charge is 0.335 e. The molecule has 242 valence electrons. The zero-order chi connectivity index (χ0) is 32.5. The molecule has 3 heterocycles. The lowest BCUT2D eigenvalue weighted by molar-refractivity contribution is -0.562. The van der Waals surface area contributed by atoms with Crippen molar-refractivity contribution < 1.29 is 4.58 Å². The standard InChI is InChI=1S/C40H44N3OS3/c1-5-27(25-33-41(6-2)32-24-23-28-17-15-16-22-31(28)39(32)47-33)38-40(44)43(8-4)35(46-38)26-34-42(7-3)36(29-18-11-9-12-19-29)37(45-34)30-20-13-10-14-21-30/h9-14,18-21,23-26,36-37H,5-8,15-17,22H2,1-4H3/q+1/b33-25-,38-27-/t36-,37+/m1/s1. The van der Waals surface area contributed by atoms with E-state index in [1.54, 1.807) is 16.9 Å². The maximum absolute atomic E-state index is 14.1. The third-order valence-electron chi connectivity index (χ3n) is 9.75. The minimum absolute atomic E-state index is 0.129. The van der Waals surface area contributed by atoms with Crippen molar-refractivity contribution in [3.63, 3.8) is 0 Å². The highest BCUT2D eigenvalue weighted by molar-refractivity contribution is 8.15. The summed E-state index contributed by atoms with van der Waals surface area (Å²) in [6, 6.07) is 26.7. The fraction of sp³-hybridized carbons (Fsp3) is 0.350. The van der Waals surface area contributed by atoms with Crippen LogP contribution in [0, 0.1) is 0 Å². The SMILES string of the molecule is CCC(/C=C1\Sc2c(ccc3c2CCCC3)N1CC)=c1/sc(=CC2=[N+](CC)[C@H](c3ccccc3)[C@H](c3ccccc3)S2)n(CC)c1=O. The van der Waals surface area contributed by atoms with Gasteiger partial charge in [0, 0.05) is 23.5 Å². The third kappa shape index (κ3) is 6.00. The average Bonchev–Trinajstić information content (AvgIpc) is 3.78. The van der Waals surface area contributed by atoms with Crippen LogP contribution in [0.3, 0.4) is 0 Å². The Morgan fingerprint density at radius 3 is 2.30 bits per heavy atom. The molecule has 0 unspecified atom stereocenters. The first kappa shape index (κ1) is 32.3. The number of thiazole rings is 1. The third-order valence-corrected chi connectivity index (χ3v) is 13.5. The maximum atomic E-state index is 14.1. The molecule has 4 nitrogen and oxygen atoms in total. The Morgan fingerprint density at radius 1 is 0.894 bits per heavy atom. The monoisotopic (exact) mass is 678 g/mol. The predicted molar refractivity (Wildman–Crippen MR) is 203 cm³/mol. The van der Waals surface area contributed by atoms with Gasteiger partial charge in [-0.05, 0) is 99.0 Å². The molecule has 0 bridgehead atoms. The lowest BCUT2D eigenvalue weighted by Gasteiger charge is -2.21. The van der Waals surface area contributed by atoms with E-state index < -0.39 is 0 Å². The van der Waals surface area contributed by atoms with Crippen molar-refractivity contribution in [1.82, 2.24) is 4.57 Å². The van der Waals surface area contributed by atoms with E-state index in [2.05, 4.69) is 122 Å². The number of hydrogen-bond acceptors (Lipinski definition) is 5. The van der Waals surface area contributed by atoms with Gasteiger partial charge in [-0.15, -0.1) is 11.3 Å². The minimum Gasteiger partial charge on any atom is -0.335 e. The van der Waals surface area contributed by atoms with Gasteiger partial charge in [-0.25, -0.2) is 4.58 Å². The van der Waals surface area contributed by atoms with Crippen molar-refractivity contribution in [1.29, 1.82) is 0 Å². The highest BCUT2D eigenvalue weighted by atomic mass is 32.2. The summed E-state index contributed by atoms with van der Waals surface area (Å²) < 4.78 is 6.41. The van der Waals surface area contributed by atoms with Gasteiger partial charge in [0.05, 0.1) is 21.3 Å². The second-order valence-corrected chi connectivity index (χ2v) is 15.6. The van der Waals surface area contributed by atoms with E-state index in [0.29, 0.717) is 6.54 Å². The number of aryl methyl sites for hydroxylation is 1. The maximum Gasteiger partial charge on any atom is 0.269 e. The number of allylic oxidation sites excluding steroid dienone is 1. The van der Waals surface area contributed by atoms with E-state index in [-0.39, 0.29) is 16.9 Å². The number of anilines is 1. The van der Waals surface area contributed by atoms with Crippen LogP contribution in [0.25, 0.3) is 11.6 Å². The van der Waals surface area contributed by atoms with Gasteiger partial charge in [-0.2, -0.15) is 0 Å². The summed E-state index contributed by atoms with van der Waals surface area (Å²) in [5.41, 5.74) is 8.32. The Labute approximate surface area is 291 Å². The van der Waals surface area contributed by atoms with Crippen molar-refractivity contribution in [3.8, 4) is 0 Å². The van der Waals surface area contributed by atoms with E-state index in [4.69, 9.17) is 0 Å². The van der Waals surface area contributed by atoms with E-state index in [0.717, 1.165) is 34.3 Å². The number of benzene rings is 3. The van der Waals surface area contributed by atoms with Gasteiger partial charge in [0.15, 0.2) is 6.04 Å². The molecule has 1 aromatic heterocycles. The molecule has 0 fully saturated rings. The van der Waals surface area contributed by atoms with E-state index in [1.165, 1.54) is 63.0 Å². The molecule has 0 amide bonds. The molecular formula is C40H44N3OS3+. The summed E-state index contributed by atoms with van der Waals surface area (Å²) in [5, 5.41) is 2.74. The zero-order valence-corrected chi connectivity index (χ0v) is 30.3. The lowest BCUT2D eigenvalue weighted by Crippen LogP contribution is -2.32. The smallest absolute Gasteiger partial charge is 0.269 e. The molecule has 4 aromatic rings. The molecule has 0 radical (unpaired) electrons. The molecule has 0 spiro atoms. The predicted octanol–water partition coefficient (Wildman–Crippen LogP) is 8.28. The van der Waals surface area contributed by atoms with Gasteiger partial charge in [0.25, 0.3) is 5.56 Å². The number of thioether (sulfide) groups is 2. The molecule has 3 aliphatic rings. The van der Waals surface area contributed by atoms with Gasteiger partial charge >= 0.3 is 0 Å². The Bertz CT molecular complexity index is 2020. The van der Waals surface area contributed by atoms with Crippen LogP contribution in [-0.2, 0) is 19.4 Å². The molecule has 0 saturated heterocycles. The molecule has 2 aliphatic heterocycles. The molecule has 0 N–H and O–H groups in total. The van der Waals surface area contributed by atoms with Gasteiger partial charge in [0.1, 0.15) is 16.5 Å². The fourth-order valence-corrected chi connectivity index (χ4v) is 11.6. The average molecular weight is 679 g/mol. The van der Waals surface area contributed by atoms with Gasteiger partial charge < -0.3 is 4.90 Å². The van der Waals surface area contributed by atoms with E-state index in [1.807, 2.05) is 28.1 Å². The first-order chi connectivity index (χ1) is 23.1. The zero-order valence-electron chi connectivity index (χ0n) is 27.9. The van der Waals surface area contributed by atoms with Crippen molar-refractivity contribution >= 4 is 57.2 Å². The first-order valence-corrected chi connectivity index (χ1v) is 19.7. The molecule has 1 aliphatic carbocycles. The summed E-state index contributed by atoms with van der Waals surface area (Å²) in [7, 11) is 0. The summed E-state index contributed by atoms with van der Waals surface area (Å²) in [4.78, 5) is 18.0. The summed E-state index contributed by atoms with van der Waals surface area (Å²) in [6.45, 7) is 11.2. The van der Waals surface area contributed by atoms with Crippen LogP contribution in [0.15, 0.2) is 93.6 Å². The highest BCUT2D eigenvalue weighted by Crippen LogP contribution is 2.50. The molecule has 47 heavy (non-hydrogen) atoms. The van der Waals surface area contributed by atoms with Crippen LogP contribution >= 0.6 is 34.9 Å². The van der Waals surface area contributed by atoms with Crippen LogP contribution < -0.4 is 19.7 Å². The molecular weight excluding hydrogens is 635 g/mol. The molecule has 0 saturated carbocycles. The number of hydrogen-bond donors (Lipinski definition) is 0. The Kier molecular flexibility index (Phi) is 9.67. The summed E-state index contributed by atoms with van der Waals surface area (Å²) in [5.74, 6) is 0. The van der Waals surface area contributed by atoms with Crippen molar-refractivity contribution in [2.24, 2.45) is 0 Å². The normalized spacial score (nSPS) is 21.1. The molecule has 3 aromatic carbocycles. The Morgan fingerprint density at radius 2 is 1.62 bits per heavy atom. The quantitative estimate of drug-likeness (QED) is 0.176. The summed E-state index contributed by atoms with van der Waals surface area (Å²) in [6.07, 6.45) is 10.3. The molecule has 7 rings (SSSR count). The second kappa shape index (κ2) is 14.1. The van der Waals surface area contributed by atoms with Crippen molar-refractivity contribution in [2.45, 2.75) is 82.5 Å². The number of rotatable bonds is 8. The fourth-order valence-electron chi connectivity index (χ4n) is 7.37. The highest BCUT2D eigenvalue weighted by Gasteiger charge is 2.43. The van der Waals surface area contributed by atoms with Crippen LogP contribution in [0.4, 0.5) is 5.69 Å². The number of likely N-dealkylation sites (N-methyl/N-ethyl adjacent to an activating group) is 1. The molecule has 7 heteroatoms. The van der Waals surface area contributed by atoms with Crippen LogP contribution in [-0.4, -0.2) is 27.3 Å². The number of fused-ring (bicyclic) bond motifs is 3. The van der Waals surface area contributed by atoms with Gasteiger partial charge in [0.2, 0.25) is 5.04 Å². The summed E-state index contributed by atoms with van der Waals surface area (Å²) >= 11 is 5.50. The topological polar surface area (TPSA) is 28.2 Å². The number of aromatic nitrogens is 1.